The molecule has 2 aliphatic heterocycles. The number of rotatable bonds is 4. The molecular weight excluding hydrogens is 439 g/mol. The van der Waals surface area contributed by atoms with Gasteiger partial charge in [-0.3, -0.25) is 4.79 Å². The number of ether oxygens (including phenoxy) is 1. The van der Waals surface area contributed by atoms with Crippen LogP contribution >= 0.6 is 0 Å². The zero-order valence-corrected chi connectivity index (χ0v) is 17.6. The maximum absolute atomic E-state index is 13.6. The Kier molecular flexibility index (Phi) is 5.22. The smallest absolute Gasteiger partial charge is 0.434 e. The highest BCUT2D eigenvalue weighted by Gasteiger charge is 2.45. The summed E-state index contributed by atoms with van der Waals surface area (Å²) in [4.78, 5) is 28.2. The van der Waals surface area contributed by atoms with Crippen LogP contribution in [0.3, 0.4) is 0 Å². The second-order valence-corrected chi connectivity index (χ2v) is 8.30. The third-order valence-electron chi connectivity index (χ3n) is 6.01. The molecule has 3 unspecified atom stereocenters. The van der Waals surface area contributed by atoms with E-state index < -0.39 is 18.0 Å². The molecule has 0 spiro atoms. The number of alkyl halides is 3. The van der Waals surface area contributed by atoms with Gasteiger partial charge in [0, 0.05) is 12.7 Å². The van der Waals surface area contributed by atoms with Gasteiger partial charge in [-0.05, 0) is 43.7 Å². The van der Waals surface area contributed by atoms with Crippen molar-refractivity contribution in [2.75, 3.05) is 6.54 Å². The van der Waals surface area contributed by atoms with Gasteiger partial charge in [-0.2, -0.15) is 23.4 Å². The molecule has 3 atom stereocenters. The van der Waals surface area contributed by atoms with Crippen LogP contribution < -0.4 is 4.74 Å². The molecule has 0 N–H and O–H groups in total. The van der Waals surface area contributed by atoms with Gasteiger partial charge in [-0.15, -0.1) is 4.80 Å². The molecular formula is C21H20F3N7O2. The summed E-state index contributed by atoms with van der Waals surface area (Å²) >= 11 is 0. The Bertz CT molecular complexity index is 1150. The predicted molar refractivity (Wildman–Crippen MR) is 108 cm³/mol. The summed E-state index contributed by atoms with van der Waals surface area (Å²) in [5, 5.41) is 8.20. The molecule has 3 aromatic rings. The fourth-order valence-corrected chi connectivity index (χ4v) is 4.53. The Morgan fingerprint density at radius 3 is 2.55 bits per heavy atom. The molecule has 33 heavy (non-hydrogen) atoms. The van der Waals surface area contributed by atoms with E-state index in [9.17, 15) is 18.0 Å². The van der Waals surface area contributed by atoms with Crippen LogP contribution in [-0.2, 0) is 6.18 Å². The standard InChI is InChI=1S/C21H20F3N7O2/c1-12-6-14(19(27-8-12)31-28-4-5-29-31)20(32)30-11-13-2-3-15(30)16(7-13)33-18-10-25-17(9-26-18)21(22,23)24/h4-6,8-10,13,15-16H,2-3,7,11H2,1H3. The van der Waals surface area contributed by atoms with E-state index in [4.69, 9.17) is 4.74 Å². The summed E-state index contributed by atoms with van der Waals surface area (Å²) < 4.78 is 44.2. The van der Waals surface area contributed by atoms with E-state index in [1.807, 2.05) is 6.92 Å². The van der Waals surface area contributed by atoms with E-state index in [1.165, 1.54) is 17.2 Å². The molecule has 6 rings (SSSR count). The summed E-state index contributed by atoms with van der Waals surface area (Å²) in [5.74, 6) is 0.352. The Balaban J connectivity index is 1.39. The number of pyridine rings is 1. The highest BCUT2D eigenvalue weighted by molar-refractivity contribution is 5.97. The first kappa shape index (κ1) is 21.3. The minimum absolute atomic E-state index is 0.00611. The quantitative estimate of drug-likeness (QED) is 0.592. The van der Waals surface area contributed by atoms with Gasteiger partial charge in [0.1, 0.15) is 6.10 Å². The number of carbonyl (C=O) groups is 1. The number of aryl methyl sites for hydroxylation is 1. The lowest BCUT2D eigenvalue weighted by molar-refractivity contribution is -0.141. The molecule has 2 saturated heterocycles. The third-order valence-corrected chi connectivity index (χ3v) is 6.01. The first-order valence-corrected chi connectivity index (χ1v) is 10.5. The number of hydrogen-bond donors (Lipinski definition) is 0. The number of halogens is 3. The lowest BCUT2D eigenvalue weighted by Crippen LogP contribution is -2.59. The van der Waals surface area contributed by atoms with Gasteiger partial charge in [0.05, 0.1) is 36.4 Å². The number of fused-ring (bicyclic) bond motifs is 3. The summed E-state index contributed by atoms with van der Waals surface area (Å²) in [5.41, 5.74) is 0.125. The second kappa shape index (κ2) is 8.09. The lowest BCUT2D eigenvalue weighted by atomic mass is 9.77. The zero-order valence-electron chi connectivity index (χ0n) is 17.6. The van der Waals surface area contributed by atoms with E-state index in [2.05, 4.69) is 25.1 Å². The van der Waals surface area contributed by atoms with Crippen molar-refractivity contribution in [3.63, 3.8) is 0 Å². The largest absolute Gasteiger partial charge is 0.471 e. The van der Waals surface area contributed by atoms with Crippen LogP contribution in [0.2, 0.25) is 0 Å². The number of piperidine rings is 2. The first-order valence-electron chi connectivity index (χ1n) is 10.5. The normalized spacial score (nSPS) is 22.4. The Morgan fingerprint density at radius 1 is 1.09 bits per heavy atom. The van der Waals surface area contributed by atoms with Crippen LogP contribution in [0.4, 0.5) is 13.2 Å². The van der Waals surface area contributed by atoms with Crippen molar-refractivity contribution in [3.05, 3.63) is 53.9 Å². The Hall–Kier alpha value is -3.57. The van der Waals surface area contributed by atoms with Gasteiger partial charge in [0.15, 0.2) is 11.5 Å². The van der Waals surface area contributed by atoms with Crippen LogP contribution in [0.15, 0.2) is 37.1 Å². The molecule has 0 radical (unpaired) electrons. The monoisotopic (exact) mass is 459 g/mol. The zero-order chi connectivity index (χ0) is 23.2. The molecule has 5 heterocycles. The van der Waals surface area contributed by atoms with Gasteiger partial charge in [-0.25, -0.2) is 15.0 Å². The van der Waals surface area contributed by atoms with Gasteiger partial charge in [0.2, 0.25) is 5.88 Å². The maximum Gasteiger partial charge on any atom is 0.434 e. The van der Waals surface area contributed by atoms with Crippen LogP contribution in [0.5, 0.6) is 5.88 Å². The molecule has 0 aromatic carbocycles. The highest BCUT2D eigenvalue weighted by Crippen LogP contribution is 2.38. The molecule has 1 aliphatic carbocycles. The summed E-state index contributed by atoms with van der Waals surface area (Å²) in [6.45, 7) is 2.42. The number of carbonyl (C=O) groups excluding carboxylic acids is 1. The average molecular weight is 459 g/mol. The summed E-state index contributed by atoms with van der Waals surface area (Å²) in [6.07, 6.45) is 3.70. The van der Waals surface area contributed by atoms with Crippen molar-refractivity contribution in [1.29, 1.82) is 0 Å². The average Bonchev–Trinajstić information content (AvgIpc) is 3.33. The van der Waals surface area contributed by atoms with Crippen molar-refractivity contribution < 1.29 is 22.7 Å². The Labute approximate surface area is 186 Å². The van der Waals surface area contributed by atoms with Crippen LogP contribution in [0.25, 0.3) is 5.82 Å². The van der Waals surface area contributed by atoms with Crippen LogP contribution in [-0.4, -0.2) is 59.4 Å². The molecule has 12 heteroatoms. The van der Waals surface area contributed by atoms with Gasteiger partial charge in [-0.1, -0.05) is 0 Å². The molecule has 9 nitrogen and oxygen atoms in total. The Morgan fingerprint density at radius 2 is 1.88 bits per heavy atom. The summed E-state index contributed by atoms with van der Waals surface area (Å²) in [6, 6.07) is 1.51. The van der Waals surface area contributed by atoms with Gasteiger partial charge in [0.25, 0.3) is 5.91 Å². The maximum atomic E-state index is 13.6. The SMILES string of the molecule is Cc1cnc(-n2nccn2)c(C(=O)N2CC3CCC2C(Oc2cnc(C(F)(F)F)cn2)C3)c1. The van der Waals surface area contributed by atoms with Crippen molar-refractivity contribution in [2.45, 2.75) is 44.5 Å². The van der Waals surface area contributed by atoms with Crippen molar-refractivity contribution in [3.8, 4) is 11.7 Å². The van der Waals surface area contributed by atoms with E-state index in [0.717, 1.165) is 24.6 Å². The molecule has 3 aliphatic rings. The molecule has 3 aromatic heterocycles. The van der Waals surface area contributed by atoms with E-state index >= 15 is 0 Å². The fourth-order valence-electron chi connectivity index (χ4n) is 4.53. The van der Waals surface area contributed by atoms with Gasteiger partial charge < -0.3 is 9.64 Å². The van der Waals surface area contributed by atoms with Crippen molar-refractivity contribution in [1.82, 2.24) is 34.8 Å². The molecule has 3 fully saturated rings. The minimum atomic E-state index is -4.57. The topological polar surface area (TPSA) is 98.9 Å². The van der Waals surface area contributed by atoms with Crippen molar-refractivity contribution in [2.24, 2.45) is 5.92 Å². The second-order valence-electron chi connectivity index (χ2n) is 8.30. The number of nitrogens with zero attached hydrogens (tertiary/aromatic N) is 7. The lowest BCUT2D eigenvalue weighted by Gasteiger charge is -2.49. The number of amides is 1. The van der Waals surface area contributed by atoms with E-state index in [1.54, 1.807) is 17.2 Å². The van der Waals surface area contributed by atoms with Crippen molar-refractivity contribution >= 4 is 5.91 Å². The molecule has 1 saturated carbocycles. The van der Waals surface area contributed by atoms with E-state index in [-0.39, 0.29) is 23.7 Å². The minimum Gasteiger partial charge on any atom is -0.471 e. The molecule has 1 amide bonds. The number of aromatic nitrogens is 6. The first-order chi connectivity index (χ1) is 15.8. The fraction of sp³-hybridized carbons (Fsp3) is 0.429. The number of hydrogen-bond acceptors (Lipinski definition) is 7. The predicted octanol–water partition coefficient (Wildman–Crippen LogP) is 2.85. The summed E-state index contributed by atoms with van der Waals surface area (Å²) in [7, 11) is 0. The van der Waals surface area contributed by atoms with Crippen LogP contribution in [0, 0.1) is 12.8 Å². The third kappa shape index (κ3) is 4.12. The van der Waals surface area contributed by atoms with E-state index in [0.29, 0.717) is 30.5 Å². The molecule has 2 bridgehead atoms. The van der Waals surface area contributed by atoms with Crippen LogP contribution in [0.1, 0.15) is 40.9 Å². The van der Waals surface area contributed by atoms with Gasteiger partial charge >= 0.3 is 6.18 Å². The molecule has 172 valence electrons. The highest BCUT2D eigenvalue weighted by atomic mass is 19.4.